The lowest BCUT2D eigenvalue weighted by Gasteiger charge is -2.49. The molecule has 0 unspecified atom stereocenters. The minimum atomic E-state index is -0.594. The van der Waals surface area contributed by atoms with E-state index in [0.717, 1.165) is 12.8 Å². The maximum absolute atomic E-state index is 10.8. The van der Waals surface area contributed by atoms with E-state index in [0.29, 0.717) is 18.3 Å². The monoisotopic (exact) mass is 260 g/mol. The van der Waals surface area contributed by atoms with Gasteiger partial charge in [-0.25, -0.2) is 0 Å². The van der Waals surface area contributed by atoms with Gasteiger partial charge in [0.1, 0.15) is 0 Å². The number of aliphatic hydroxyl groups is 1. The molecule has 1 saturated carbocycles. The lowest BCUT2D eigenvalue weighted by Crippen LogP contribution is -2.51. The topological polar surface area (TPSA) is 29.5 Å². The quantitative estimate of drug-likeness (QED) is 0.834. The van der Waals surface area contributed by atoms with Crippen LogP contribution >= 0.6 is 0 Å². The minimum absolute atomic E-state index is 0.0442. The number of ether oxygens (including phenoxy) is 1. The smallest absolute Gasteiger partial charge is 0.0856 e. The zero-order valence-corrected chi connectivity index (χ0v) is 11.9. The first-order valence-corrected chi connectivity index (χ1v) is 7.49. The summed E-state index contributed by atoms with van der Waals surface area (Å²) in [6.45, 7) is 4.29. The minimum Gasteiger partial charge on any atom is -0.390 e. The summed E-state index contributed by atoms with van der Waals surface area (Å²) >= 11 is 0. The molecule has 19 heavy (non-hydrogen) atoms. The Labute approximate surface area is 115 Å². The third kappa shape index (κ3) is 2.56. The van der Waals surface area contributed by atoms with Gasteiger partial charge in [-0.05, 0) is 31.2 Å². The highest BCUT2D eigenvalue weighted by Gasteiger charge is 2.47. The highest BCUT2D eigenvalue weighted by molar-refractivity contribution is 5.19. The summed E-state index contributed by atoms with van der Waals surface area (Å²) in [5.41, 5.74) is 0.600. The van der Waals surface area contributed by atoms with Crippen LogP contribution in [0.1, 0.15) is 51.2 Å². The SMILES string of the molecule is C[C@@H]1CC[C@@H]2[C@@H](C1)O[C@@H](c1ccccc1)C[C@@]2(C)O. The van der Waals surface area contributed by atoms with Gasteiger partial charge < -0.3 is 9.84 Å². The van der Waals surface area contributed by atoms with Crippen molar-refractivity contribution >= 4 is 0 Å². The molecule has 1 aromatic carbocycles. The Balaban J connectivity index is 1.83. The van der Waals surface area contributed by atoms with E-state index in [1.54, 1.807) is 0 Å². The van der Waals surface area contributed by atoms with Crippen molar-refractivity contribution < 1.29 is 9.84 Å². The second-order valence-electron chi connectivity index (χ2n) is 6.66. The van der Waals surface area contributed by atoms with Gasteiger partial charge in [-0.15, -0.1) is 0 Å². The molecule has 1 heterocycles. The number of fused-ring (bicyclic) bond motifs is 1. The van der Waals surface area contributed by atoms with Gasteiger partial charge in [0, 0.05) is 12.3 Å². The van der Waals surface area contributed by atoms with E-state index < -0.39 is 5.60 Å². The van der Waals surface area contributed by atoms with E-state index in [-0.39, 0.29) is 12.2 Å². The fourth-order valence-corrected chi connectivity index (χ4v) is 3.84. The standard InChI is InChI=1S/C17H24O2/c1-12-8-9-14-15(10-12)19-16(11-17(14,2)18)13-6-4-3-5-7-13/h3-7,12,14-16,18H,8-11H2,1-2H3/t12-,14-,15-,16-,17-/m1/s1. The van der Waals surface area contributed by atoms with E-state index in [4.69, 9.17) is 4.74 Å². The van der Waals surface area contributed by atoms with Crippen LogP contribution in [0.3, 0.4) is 0 Å². The summed E-state index contributed by atoms with van der Waals surface area (Å²) in [7, 11) is 0. The summed E-state index contributed by atoms with van der Waals surface area (Å²) in [4.78, 5) is 0. The Morgan fingerprint density at radius 1 is 1.21 bits per heavy atom. The number of hydrogen-bond acceptors (Lipinski definition) is 2. The van der Waals surface area contributed by atoms with Crippen LogP contribution in [0, 0.1) is 11.8 Å². The first-order chi connectivity index (χ1) is 9.06. The Morgan fingerprint density at radius 2 is 1.95 bits per heavy atom. The molecule has 3 rings (SSSR count). The van der Waals surface area contributed by atoms with Crippen molar-refractivity contribution in [3.05, 3.63) is 35.9 Å². The molecule has 0 spiro atoms. The predicted molar refractivity (Wildman–Crippen MR) is 75.8 cm³/mol. The Bertz CT molecular complexity index is 426. The van der Waals surface area contributed by atoms with Gasteiger partial charge in [-0.1, -0.05) is 43.7 Å². The van der Waals surface area contributed by atoms with Crippen LogP contribution in [-0.4, -0.2) is 16.8 Å². The van der Waals surface area contributed by atoms with E-state index >= 15 is 0 Å². The van der Waals surface area contributed by atoms with Crippen molar-refractivity contribution in [1.29, 1.82) is 0 Å². The van der Waals surface area contributed by atoms with Crippen LogP contribution in [0.15, 0.2) is 30.3 Å². The van der Waals surface area contributed by atoms with Crippen molar-refractivity contribution in [2.45, 2.75) is 57.3 Å². The molecular weight excluding hydrogens is 236 g/mol. The van der Waals surface area contributed by atoms with Crippen LogP contribution in [0.2, 0.25) is 0 Å². The molecular formula is C17H24O2. The lowest BCUT2D eigenvalue weighted by atomic mass is 9.68. The van der Waals surface area contributed by atoms with Gasteiger partial charge in [0.2, 0.25) is 0 Å². The van der Waals surface area contributed by atoms with Crippen LogP contribution in [0.25, 0.3) is 0 Å². The van der Waals surface area contributed by atoms with Gasteiger partial charge >= 0.3 is 0 Å². The maximum Gasteiger partial charge on any atom is 0.0856 e. The van der Waals surface area contributed by atoms with Gasteiger partial charge in [-0.2, -0.15) is 0 Å². The summed E-state index contributed by atoms with van der Waals surface area (Å²) in [6.07, 6.45) is 4.38. The Hall–Kier alpha value is -0.860. The van der Waals surface area contributed by atoms with E-state index in [2.05, 4.69) is 19.1 Å². The first kappa shape index (κ1) is 13.1. The predicted octanol–water partition coefficient (Wildman–Crippen LogP) is 3.70. The van der Waals surface area contributed by atoms with Crippen molar-refractivity contribution in [2.24, 2.45) is 11.8 Å². The normalized spacial score (nSPS) is 42.7. The zero-order chi connectivity index (χ0) is 13.5. The fraction of sp³-hybridized carbons (Fsp3) is 0.647. The molecule has 2 fully saturated rings. The van der Waals surface area contributed by atoms with Crippen molar-refractivity contribution in [3.63, 3.8) is 0 Å². The Morgan fingerprint density at radius 3 is 2.68 bits per heavy atom. The number of benzene rings is 1. The number of rotatable bonds is 1. The lowest BCUT2D eigenvalue weighted by molar-refractivity contribution is -0.197. The third-order valence-electron chi connectivity index (χ3n) is 4.96. The largest absolute Gasteiger partial charge is 0.390 e. The summed E-state index contributed by atoms with van der Waals surface area (Å²) in [5, 5.41) is 10.8. The molecule has 2 nitrogen and oxygen atoms in total. The molecule has 2 heteroatoms. The van der Waals surface area contributed by atoms with Crippen LogP contribution in [0.5, 0.6) is 0 Å². The summed E-state index contributed by atoms with van der Waals surface area (Å²) in [6, 6.07) is 10.3. The van der Waals surface area contributed by atoms with E-state index in [9.17, 15) is 5.11 Å². The molecule has 104 valence electrons. The molecule has 5 atom stereocenters. The van der Waals surface area contributed by atoms with E-state index in [1.807, 2.05) is 25.1 Å². The van der Waals surface area contributed by atoms with Crippen LogP contribution < -0.4 is 0 Å². The van der Waals surface area contributed by atoms with Gasteiger partial charge in [0.25, 0.3) is 0 Å². The highest BCUT2D eigenvalue weighted by Crippen LogP contribution is 2.47. The van der Waals surface area contributed by atoms with E-state index in [1.165, 1.54) is 12.0 Å². The first-order valence-electron chi connectivity index (χ1n) is 7.49. The Kier molecular flexibility index (Phi) is 3.40. The molecule has 1 aromatic rings. The molecule has 1 N–H and O–H groups in total. The molecule has 1 saturated heterocycles. The average Bonchev–Trinajstić information content (AvgIpc) is 2.38. The zero-order valence-electron chi connectivity index (χ0n) is 11.9. The molecule has 2 aliphatic rings. The molecule has 0 bridgehead atoms. The average molecular weight is 260 g/mol. The summed E-state index contributed by atoms with van der Waals surface area (Å²) in [5.74, 6) is 1.02. The van der Waals surface area contributed by atoms with Crippen LogP contribution in [-0.2, 0) is 4.74 Å². The molecule has 0 radical (unpaired) electrons. The van der Waals surface area contributed by atoms with Crippen molar-refractivity contribution in [1.82, 2.24) is 0 Å². The van der Waals surface area contributed by atoms with Crippen LogP contribution in [0.4, 0.5) is 0 Å². The number of hydrogen-bond donors (Lipinski definition) is 1. The summed E-state index contributed by atoms with van der Waals surface area (Å²) < 4.78 is 6.32. The maximum atomic E-state index is 10.8. The molecule has 1 aliphatic heterocycles. The van der Waals surface area contributed by atoms with Crippen molar-refractivity contribution in [2.75, 3.05) is 0 Å². The molecule has 0 amide bonds. The van der Waals surface area contributed by atoms with Gasteiger partial charge in [-0.3, -0.25) is 0 Å². The van der Waals surface area contributed by atoms with Gasteiger partial charge in [0.05, 0.1) is 17.8 Å². The van der Waals surface area contributed by atoms with Crippen molar-refractivity contribution in [3.8, 4) is 0 Å². The van der Waals surface area contributed by atoms with Gasteiger partial charge in [0.15, 0.2) is 0 Å². The molecule has 0 aromatic heterocycles. The second-order valence-corrected chi connectivity index (χ2v) is 6.66. The second kappa shape index (κ2) is 4.92. The molecule has 1 aliphatic carbocycles. The third-order valence-corrected chi connectivity index (χ3v) is 4.96. The highest BCUT2D eigenvalue weighted by atomic mass is 16.5. The fourth-order valence-electron chi connectivity index (χ4n) is 3.84.